The van der Waals surface area contributed by atoms with E-state index >= 15 is 0 Å². The molecule has 1 saturated heterocycles. The van der Waals surface area contributed by atoms with E-state index < -0.39 is 6.04 Å². The van der Waals surface area contributed by atoms with Gasteiger partial charge < -0.3 is 10.6 Å². The zero-order valence-electron chi connectivity index (χ0n) is 8.93. The summed E-state index contributed by atoms with van der Waals surface area (Å²) < 4.78 is 0. The molecule has 2 unspecified atom stereocenters. The maximum absolute atomic E-state index is 10.9. The molecule has 1 aromatic carbocycles. The summed E-state index contributed by atoms with van der Waals surface area (Å²) in [5.41, 5.74) is 0.946. The molecule has 2 N–H and O–H groups in total. The van der Waals surface area contributed by atoms with Crippen LogP contribution in [0.2, 0.25) is 0 Å². The number of hydrogen-bond donors (Lipinski definition) is 2. The predicted octanol–water partition coefficient (Wildman–Crippen LogP) is 1.11. The van der Waals surface area contributed by atoms with Crippen molar-refractivity contribution < 1.29 is 4.92 Å². The molecule has 5 nitrogen and oxygen atoms in total. The van der Waals surface area contributed by atoms with Crippen molar-refractivity contribution in [3.05, 3.63) is 40.4 Å². The number of hydrogen-bond acceptors (Lipinski definition) is 4. The fraction of sp³-hybridized carbons (Fsp3) is 0.455. The van der Waals surface area contributed by atoms with Crippen LogP contribution in [0, 0.1) is 10.1 Å². The lowest BCUT2D eigenvalue weighted by atomic mass is 10.0. The van der Waals surface area contributed by atoms with Crippen LogP contribution in [0.3, 0.4) is 0 Å². The molecule has 1 heterocycles. The van der Waals surface area contributed by atoms with Crippen LogP contribution in [0.4, 0.5) is 5.69 Å². The Bertz CT molecular complexity index is 356. The van der Waals surface area contributed by atoms with E-state index in [0.717, 1.165) is 18.7 Å². The molecule has 1 aliphatic rings. The molecule has 0 aliphatic carbocycles. The van der Waals surface area contributed by atoms with Gasteiger partial charge in [-0.3, -0.25) is 10.1 Å². The quantitative estimate of drug-likeness (QED) is 0.592. The van der Waals surface area contributed by atoms with Crippen LogP contribution in [-0.4, -0.2) is 30.1 Å². The first-order valence-electron chi connectivity index (χ1n) is 5.43. The Balaban J connectivity index is 2.04. The molecule has 2 rings (SSSR count). The van der Waals surface area contributed by atoms with E-state index in [0.29, 0.717) is 6.54 Å². The molecule has 0 amide bonds. The third kappa shape index (κ3) is 2.49. The van der Waals surface area contributed by atoms with Gasteiger partial charge in [-0.25, -0.2) is 0 Å². The van der Waals surface area contributed by atoms with Crippen molar-refractivity contribution in [2.45, 2.75) is 18.5 Å². The van der Waals surface area contributed by atoms with E-state index in [2.05, 4.69) is 10.6 Å². The number of para-hydroxylation sites is 1. The Kier molecular flexibility index (Phi) is 3.36. The normalized spacial score (nSPS) is 25.0. The second-order valence-corrected chi connectivity index (χ2v) is 3.96. The third-order valence-corrected chi connectivity index (χ3v) is 2.85. The summed E-state index contributed by atoms with van der Waals surface area (Å²) in [5.74, 6) is 0. The van der Waals surface area contributed by atoms with Gasteiger partial charge in [0.2, 0.25) is 6.04 Å². The average Bonchev–Trinajstić information content (AvgIpc) is 2.31. The molecule has 1 aromatic rings. The van der Waals surface area contributed by atoms with Crippen LogP contribution < -0.4 is 10.6 Å². The lowest BCUT2D eigenvalue weighted by Gasteiger charge is -2.27. The fourth-order valence-electron chi connectivity index (χ4n) is 1.98. The molecule has 1 aliphatic heterocycles. The van der Waals surface area contributed by atoms with Crippen molar-refractivity contribution in [3.8, 4) is 0 Å². The molecule has 0 aromatic heterocycles. The lowest BCUT2D eigenvalue weighted by Crippen LogP contribution is -2.51. The van der Waals surface area contributed by atoms with Crippen molar-refractivity contribution in [2.75, 3.05) is 18.4 Å². The van der Waals surface area contributed by atoms with E-state index in [9.17, 15) is 10.1 Å². The Hall–Kier alpha value is -1.62. The largest absolute Gasteiger partial charge is 0.376 e. The van der Waals surface area contributed by atoms with Crippen molar-refractivity contribution in [3.63, 3.8) is 0 Å². The molecule has 16 heavy (non-hydrogen) atoms. The summed E-state index contributed by atoms with van der Waals surface area (Å²) in [6, 6.07) is 9.00. The highest BCUT2D eigenvalue weighted by Gasteiger charge is 2.33. The van der Waals surface area contributed by atoms with Gasteiger partial charge in [0.15, 0.2) is 0 Å². The third-order valence-electron chi connectivity index (χ3n) is 2.85. The molecule has 5 heteroatoms. The first kappa shape index (κ1) is 10.9. The van der Waals surface area contributed by atoms with Crippen LogP contribution in [0.5, 0.6) is 0 Å². The monoisotopic (exact) mass is 221 g/mol. The highest BCUT2D eigenvalue weighted by atomic mass is 16.6. The minimum atomic E-state index is -0.547. The molecule has 86 valence electrons. The number of anilines is 1. The number of piperidine rings is 1. The van der Waals surface area contributed by atoms with E-state index in [4.69, 9.17) is 0 Å². The Morgan fingerprint density at radius 1 is 1.38 bits per heavy atom. The van der Waals surface area contributed by atoms with Gasteiger partial charge in [-0.05, 0) is 25.1 Å². The average molecular weight is 221 g/mol. The molecule has 1 fully saturated rings. The van der Waals surface area contributed by atoms with Crippen LogP contribution in [0.1, 0.15) is 6.42 Å². The molecule has 0 saturated carbocycles. The zero-order valence-corrected chi connectivity index (χ0v) is 8.93. The van der Waals surface area contributed by atoms with Crippen molar-refractivity contribution in [2.24, 2.45) is 0 Å². The minimum absolute atomic E-state index is 0.0846. The fourth-order valence-corrected chi connectivity index (χ4v) is 1.98. The molecule has 0 bridgehead atoms. The predicted molar refractivity (Wildman–Crippen MR) is 62.1 cm³/mol. The number of benzene rings is 1. The van der Waals surface area contributed by atoms with E-state index in [-0.39, 0.29) is 11.0 Å². The van der Waals surface area contributed by atoms with Crippen molar-refractivity contribution in [1.29, 1.82) is 0 Å². The first-order chi connectivity index (χ1) is 7.77. The highest BCUT2D eigenvalue weighted by molar-refractivity contribution is 5.43. The summed E-state index contributed by atoms with van der Waals surface area (Å²) in [6.45, 7) is 1.27. The van der Waals surface area contributed by atoms with Crippen LogP contribution in [-0.2, 0) is 0 Å². The van der Waals surface area contributed by atoms with Gasteiger partial charge in [-0.1, -0.05) is 18.2 Å². The maximum Gasteiger partial charge on any atom is 0.245 e. The molecule has 2 atom stereocenters. The van der Waals surface area contributed by atoms with Crippen LogP contribution >= 0.6 is 0 Å². The highest BCUT2D eigenvalue weighted by Crippen LogP contribution is 2.14. The summed E-state index contributed by atoms with van der Waals surface area (Å²) in [6.07, 6.45) is 0.778. The van der Waals surface area contributed by atoms with Gasteiger partial charge in [-0.2, -0.15) is 0 Å². The SMILES string of the molecule is O=[N+]([O-])C1CNCCC1Nc1ccccc1. The second kappa shape index (κ2) is 4.94. The maximum atomic E-state index is 10.9. The second-order valence-electron chi connectivity index (χ2n) is 3.96. The van der Waals surface area contributed by atoms with Gasteiger partial charge >= 0.3 is 0 Å². The minimum Gasteiger partial charge on any atom is -0.376 e. The van der Waals surface area contributed by atoms with E-state index in [1.165, 1.54) is 0 Å². The summed E-state index contributed by atoms with van der Waals surface area (Å²) in [7, 11) is 0. The van der Waals surface area contributed by atoms with Crippen LogP contribution in [0.15, 0.2) is 30.3 Å². The topological polar surface area (TPSA) is 67.2 Å². The molecule has 0 spiro atoms. The Labute approximate surface area is 94.0 Å². The van der Waals surface area contributed by atoms with E-state index in [1.54, 1.807) is 0 Å². The lowest BCUT2D eigenvalue weighted by molar-refractivity contribution is -0.524. The Morgan fingerprint density at radius 3 is 2.81 bits per heavy atom. The summed E-state index contributed by atoms with van der Waals surface area (Å²) in [5, 5.41) is 17.2. The summed E-state index contributed by atoms with van der Waals surface area (Å²) in [4.78, 5) is 10.7. The zero-order chi connectivity index (χ0) is 11.4. The van der Waals surface area contributed by atoms with Gasteiger partial charge in [0.1, 0.15) is 0 Å². The van der Waals surface area contributed by atoms with E-state index in [1.807, 2.05) is 30.3 Å². The van der Waals surface area contributed by atoms with Crippen LogP contribution in [0.25, 0.3) is 0 Å². The Morgan fingerprint density at radius 2 is 2.12 bits per heavy atom. The first-order valence-corrected chi connectivity index (χ1v) is 5.43. The van der Waals surface area contributed by atoms with Gasteiger partial charge in [0.05, 0.1) is 12.6 Å². The van der Waals surface area contributed by atoms with Gasteiger partial charge in [0.25, 0.3) is 0 Å². The molecular weight excluding hydrogens is 206 g/mol. The number of nitro groups is 1. The van der Waals surface area contributed by atoms with Gasteiger partial charge in [-0.15, -0.1) is 0 Å². The standard InChI is InChI=1S/C11H15N3O2/c15-14(16)11-8-12-7-6-10(11)13-9-4-2-1-3-5-9/h1-5,10-13H,6-8H2. The smallest absolute Gasteiger partial charge is 0.245 e. The molecule has 0 radical (unpaired) electrons. The van der Waals surface area contributed by atoms with Crippen molar-refractivity contribution >= 4 is 5.69 Å². The van der Waals surface area contributed by atoms with Gasteiger partial charge in [0, 0.05) is 10.6 Å². The number of nitrogens with zero attached hydrogens (tertiary/aromatic N) is 1. The molecular formula is C11H15N3O2. The summed E-state index contributed by atoms with van der Waals surface area (Å²) >= 11 is 0. The van der Waals surface area contributed by atoms with Crippen molar-refractivity contribution in [1.82, 2.24) is 5.32 Å². The number of rotatable bonds is 3. The number of nitrogens with one attached hydrogen (secondary N) is 2.